The lowest BCUT2D eigenvalue weighted by molar-refractivity contribution is 0.595. The first kappa shape index (κ1) is 15.0. The van der Waals surface area contributed by atoms with E-state index in [2.05, 4.69) is 27.3 Å². The van der Waals surface area contributed by atoms with Crippen molar-refractivity contribution in [2.24, 2.45) is 0 Å². The standard InChI is InChI=1S/C12H15BrN2O2S/c1-2-6-18(16,17)7-5-15-12-4-3-11(13)8-10(12)9-14/h3-4,8,15H,2,5-7H2,1H3. The van der Waals surface area contributed by atoms with Gasteiger partial charge in [-0.2, -0.15) is 5.26 Å². The fourth-order valence-corrected chi connectivity index (χ4v) is 3.12. The van der Waals surface area contributed by atoms with Gasteiger partial charge in [0, 0.05) is 16.8 Å². The quantitative estimate of drug-likeness (QED) is 0.870. The van der Waals surface area contributed by atoms with E-state index in [1.165, 1.54) is 0 Å². The lowest BCUT2D eigenvalue weighted by Gasteiger charge is -2.08. The molecule has 0 saturated carbocycles. The van der Waals surface area contributed by atoms with Crippen LogP contribution in [0.1, 0.15) is 18.9 Å². The molecule has 0 fully saturated rings. The third-order valence-electron chi connectivity index (χ3n) is 2.35. The van der Waals surface area contributed by atoms with Crippen molar-refractivity contribution in [2.75, 3.05) is 23.4 Å². The summed E-state index contributed by atoms with van der Waals surface area (Å²) in [6.07, 6.45) is 0.629. The minimum atomic E-state index is -2.98. The second-order valence-corrected chi connectivity index (χ2v) is 7.10. The third-order valence-corrected chi connectivity index (χ3v) is 4.70. The topological polar surface area (TPSA) is 70.0 Å². The van der Waals surface area contributed by atoms with Gasteiger partial charge in [0.25, 0.3) is 0 Å². The summed E-state index contributed by atoms with van der Waals surface area (Å²) in [6, 6.07) is 7.33. The minimum absolute atomic E-state index is 0.0851. The number of rotatable bonds is 6. The van der Waals surface area contributed by atoms with Crippen LogP contribution in [0, 0.1) is 11.3 Å². The highest BCUT2D eigenvalue weighted by Crippen LogP contribution is 2.20. The van der Waals surface area contributed by atoms with Gasteiger partial charge in [0.1, 0.15) is 6.07 Å². The maximum atomic E-state index is 11.5. The van der Waals surface area contributed by atoms with Gasteiger partial charge in [-0.15, -0.1) is 0 Å². The number of nitrogens with one attached hydrogen (secondary N) is 1. The van der Waals surface area contributed by atoms with Crippen LogP contribution in [0.5, 0.6) is 0 Å². The molecule has 0 aliphatic rings. The van der Waals surface area contributed by atoms with Crippen molar-refractivity contribution >= 4 is 31.5 Å². The van der Waals surface area contributed by atoms with Crippen LogP contribution in [-0.4, -0.2) is 26.5 Å². The molecule has 0 bridgehead atoms. The molecule has 1 rings (SSSR count). The first-order chi connectivity index (χ1) is 8.48. The number of benzene rings is 1. The van der Waals surface area contributed by atoms with E-state index in [1.54, 1.807) is 12.1 Å². The van der Waals surface area contributed by atoms with Crippen LogP contribution in [0.25, 0.3) is 0 Å². The fourth-order valence-electron chi connectivity index (χ4n) is 1.52. The Morgan fingerprint density at radius 3 is 2.72 bits per heavy atom. The monoisotopic (exact) mass is 330 g/mol. The van der Waals surface area contributed by atoms with Gasteiger partial charge >= 0.3 is 0 Å². The Hall–Kier alpha value is -1.06. The van der Waals surface area contributed by atoms with E-state index in [4.69, 9.17) is 5.26 Å². The molecule has 0 atom stereocenters. The molecule has 1 N–H and O–H groups in total. The third kappa shape index (κ3) is 4.67. The highest BCUT2D eigenvalue weighted by molar-refractivity contribution is 9.10. The van der Waals surface area contributed by atoms with Crippen LogP contribution in [0.3, 0.4) is 0 Å². The number of nitriles is 1. The molecule has 0 heterocycles. The van der Waals surface area contributed by atoms with Crippen LogP contribution >= 0.6 is 15.9 Å². The number of sulfone groups is 1. The van der Waals surface area contributed by atoms with E-state index in [0.717, 1.165) is 4.47 Å². The van der Waals surface area contributed by atoms with Crippen LogP contribution in [0.4, 0.5) is 5.69 Å². The lowest BCUT2D eigenvalue weighted by Crippen LogP contribution is -2.18. The van der Waals surface area contributed by atoms with Gasteiger partial charge in [-0.3, -0.25) is 0 Å². The molecule has 0 radical (unpaired) electrons. The normalized spacial score (nSPS) is 10.9. The zero-order valence-corrected chi connectivity index (χ0v) is 12.5. The average molecular weight is 331 g/mol. The van der Waals surface area contributed by atoms with Gasteiger partial charge in [-0.05, 0) is 24.6 Å². The zero-order chi connectivity index (χ0) is 13.6. The van der Waals surface area contributed by atoms with Crippen LogP contribution in [-0.2, 0) is 9.84 Å². The molecular formula is C12H15BrN2O2S. The van der Waals surface area contributed by atoms with E-state index in [-0.39, 0.29) is 11.5 Å². The molecule has 18 heavy (non-hydrogen) atoms. The van der Waals surface area contributed by atoms with Crippen molar-refractivity contribution in [2.45, 2.75) is 13.3 Å². The Balaban J connectivity index is 2.63. The van der Waals surface area contributed by atoms with Crippen molar-refractivity contribution in [3.05, 3.63) is 28.2 Å². The van der Waals surface area contributed by atoms with Crippen molar-refractivity contribution in [3.63, 3.8) is 0 Å². The Morgan fingerprint density at radius 1 is 1.39 bits per heavy atom. The van der Waals surface area contributed by atoms with E-state index in [1.807, 2.05) is 13.0 Å². The second kappa shape index (κ2) is 6.76. The van der Waals surface area contributed by atoms with E-state index >= 15 is 0 Å². The van der Waals surface area contributed by atoms with Crippen molar-refractivity contribution in [1.82, 2.24) is 0 Å². The summed E-state index contributed by atoms with van der Waals surface area (Å²) in [4.78, 5) is 0. The molecule has 0 aliphatic carbocycles. The Morgan fingerprint density at radius 2 is 2.11 bits per heavy atom. The maximum absolute atomic E-state index is 11.5. The fraction of sp³-hybridized carbons (Fsp3) is 0.417. The molecular weight excluding hydrogens is 316 g/mol. The summed E-state index contributed by atoms with van der Waals surface area (Å²) in [7, 11) is -2.98. The Bertz CT molecular complexity index is 550. The largest absolute Gasteiger partial charge is 0.383 e. The lowest BCUT2D eigenvalue weighted by atomic mass is 10.2. The summed E-state index contributed by atoms with van der Waals surface area (Å²) in [6.45, 7) is 2.16. The van der Waals surface area contributed by atoms with Gasteiger partial charge in [0.2, 0.25) is 0 Å². The van der Waals surface area contributed by atoms with Gasteiger partial charge in [-0.25, -0.2) is 8.42 Å². The first-order valence-corrected chi connectivity index (χ1v) is 8.24. The molecule has 4 nitrogen and oxygen atoms in total. The summed E-state index contributed by atoms with van der Waals surface area (Å²) in [5.41, 5.74) is 1.16. The van der Waals surface area contributed by atoms with Crippen molar-refractivity contribution < 1.29 is 8.42 Å². The summed E-state index contributed by atoms with van der Waals surface area (Å²) < 4.78 is 23.9. The van der Waals surface area contributed by atoms with Gasteiger partial charge in [0.15, 0.2) is 9.84 Å². The number of halogens is 1. The van der Waals surface area contributed by atoms with E-state index in [9.17, 15) is 8.42 Å². The van der Waals surface area contributed by atoms with E-state index < -0.39 is 9.84 Å². The Kier molecular flexibility index (Phi) is 5.63. The number of hydrogen-bond donors (Lipinski definition) is 1. The van der Waals surface area contributed by atoms with Crippen LogP contribution in [0.2, 0.25) is 0 Å². The van der Waals surface area contributed by atoms with Crippen LogP contribution < -0.4 is 5.32 Å². The highest BCUT2D eigenvalue weighted by Gasteiger charge is 2.09. The highest BCUT2D eigenvalue weighted by atomic mass is 79.9. The van der Waals surface area contributed by atoms with Crippen molar-refractivity contribution in [3.8, 4) is 6.07 Å². The summed E-state index contributed by atoms with van der Waals surface area (Å²) in [5.74, 6) is 0.294. The van der Waals surface area contributed by atoms with Crippen molar-refractivity contribution in [1.29, 1.82) is 5.26 Å². The average Bonchev–Trinajstić information content (AvgIpc) is 2.30. The zero-order valence-electron chi connectivity index (χ0n) is 10.1. The number of hydrogen-bond acceptors (Lipinski definition) is 4. The smallest absolute Gasteiger partial charge is 0.152 e. The molecule has 98 valence electrons. The van der Waals surface area contributed by atoms with Gasteiger partial charge in [0.05, 0.1) is 17.0 Å². The minimum Gasteiger partial charge on any atom is -0.383 e. The predicted molar refractivity (Wildman–Crippen MR) is 76.3 cm³/mol. The number of nitrogens with zero attached hydrogens (tertiary/aromatic N) is 1. The molecule has 1 aromatic carbocycles. The second-order valence-electron chi connectivity index (χ2n) is 3.88. The van der Waals surface area contributed by atoms with Gasteiger partial charge < -0.3 is 5.32 Å². The predicted octanol–water partition coefficient (Wildman–Crippen LogP) is 2.56. The SMILES string of the molecule is CCCS(=O)(=O)CCNc1ccc(Br)cc1C#N. The first-order valence-electron chi connectivity index (χ1n) is 5.62. The maximum Gasteiger partial charge on any atom is 0.152 e. The van der Waals surface area contributed by atoms with Crippen LogP contribution in [0.15, 0.2) is 22.7 Å². The molecule has 1 aromatic rings. The Labute approximate surface area is 116 Å². The molecule has 0 aromatic heterocycles. The molecule has 6 heteroatoms. The summed E-state index contributed by atoms with van der Waals surface area (Å²) in [5, 5.41) is 11.9. The van der Waals surface area contributed by atoms with Gasteiger partial charge in [-0.1, -0.05) is 22.9 Å². The van der Waals surface area contributed by atoms with E-state index in [0.29, 0.717) is 24.2 Å². The molecule has 0 spiro atoms. The summed E-state index contributed by atoms with van der Waals surface area (Å²) >= 11 is 3.28. The number of anilines is 1. The molecule has 0 unspecified atom stereocenters. The molecule has 0 saturated heterocycles. The molecule has 0 aliphatic heterocycles. The molecule has 0 amide bonds.